The smallest absolute Gasteiger partial charge is 0.408 e. The number of aromatic nitrogens is 1. The highest BCUT2D eigenvalue weighted by Gasteiger charge is 2.43. The first kappa shape index (κ1) is 24.1. The third-order valence-corrected chi connectivity index (χ3v) is 6.63. The van der Waals surface area contributed by atoms with Crippen molar-refractivity contribution in [2.24, 2.45) is 0 Å². The first-order valence-electron chi connectivity index (χ1n) is 11.7. The first-order valence-corrected chi connectivity index (χ1v) is 11.7. The molecule has 1 heterocycles. The zero-order valence-corrected chi connectivity index (χ0v) is 20.3. The molecule has 4 aromatic rings. The van der Waals surface area contributed by atoms with Gasteiger partial charge in [0.1, 0.15) is 5.54 Å². The molecule has 6 heteroatoms. The van der Waals surface area contributed by atoms with Gasteiger partial charge >= 0.3 is 6.09 Å². The van der Waals surface area contributed by atoms with E-state index in [1.54, 1.807) is 6.92 Å². The van der Waals surface area contributed by atoms with Crippen LogP contribution in [-0.2, 0) is 17.8 Å². The van der Waals surface area contributed by atoms with Crippen molar-refractivity contribution < 1.29 is 14.7 Å². The fourth-order valence-electron chi connectivity index (χ4n) is 4.45. The van der Waals surface area contributed by atoms with Crippen molar-refractivity contribution in [1.29, 1.82) is 0 Å². The van der Waals surface area contributed by atoms with Crippen LogP contribution < -0.4 is 5.32 Å². The number of hydrogen-bond donors (Lipinski definition) is 3. The molecular weight excluding hydrogens is 438 g/mol. The maximum atomic E-state index is 13.9. The highest BCUT2D eigenvalue weighted by molar-refractivity contribution is 5.91. The lowest BCUT2D eigenvalue weighted by Gasteiger charge is -2.39. The van der Waals surface area contributed by atoms with Gasteiger partial charge in [-0.15, -0.1) is 0 Å². The molecule has 0 spiro atoms. The predicted octanol–water partition coefficient (Wildman–Crippen LogP) is 5.84. The standard InChI is InChI=1S/C29H31N3O3/c1-20-13-15-22(16-14-20)19-32(28(34)35)29(3,17-24-18-30-26-12-8-7-11-25(24)26)27(33)31-21(2)23-9-5-4-6-10-23/h4-16,18,21,30H,17,19H2,1-3H3,(H,31,33)(H,34,35). The second-order valence-electron chi connectivity index (χ2n) is 9.27. The van der Waals surface area contributed by atoms with Crippen LogP contribution in [0, 0.1) is 6.92 Å². The average molecular weight is 470 g/mol. The molecule has 0 bridgehead atoms. The van der Waals surface area contributed by atoms with Gasteiger partial charge in [-0.1, -0.05) is 78.4 Å². The summed E-state index contributed by atoms with van der Waals surface area (Å²) in [5, 5.41) is 14.4. The van der Waals surface area contributed by atoms with Crippen molar-refractivity contribution in [3.8, 4) is 0 Å². The quantitative estimate of drug-likeness (QED) is 0.303. The summed E-state index contributed by atoms with van der Waals surface area (Å²) in [6.45, 7) is 5.70. The second-order valence-corrected chi connectivity index (χ2v) is 9.27. The maximum Gasteiger partial charge on any atom is 0.408 e. The minimum absolute atomic E-state index is 0.0988. The molecule has 6 nitrogen and oxygen atoms in total. The Morgan fingerprint density at radius 1 is 1.00 bits per heavy atom. The maximum absolute atomic E-state index is 13.9. The fourth-order valence-corrected chi connectivity index (χ4v) is 4.45. The van der Waals surface area contributed by atoms with Crippen molar-refractivity contribution in [3.05, 3.63) is 107 Å². The Balaban J connectivity index is 1.72. The van der Waals surface area contributed by atoms with E-state index in [4.69, 9.17) is 0 Å². The minimum Gasteiger partial charge on any atom is -0.465 e. The normalized spacial score (nSPS) is 13.7. The van der Waals surface area contributed by atoms with Gasteiger partial charge in [-0.25, -0.2) is 4.79 Å². The second kappa shape index (κ2) is 10.1. The van der Waals surface area contributed by atoms with Crippen LogP contribution in [0.1, 0.15) is 42.1 Å². The minimum atomic E-state index is -1.36. The van der Waals surface area contributed by atoms with Gasteiger partial charge in [0.2, 0.25) is 5.91 Å². The number of carbonyl (C=O) groups is 2. The molecule has 0 aliphatic heterocycles. The Morgan fingerprint density at radius 3 is 2.34 bits per heavy atom. The molecular formula is C29H31N3O3. The Labute approximate surface area is 205 Å². The van der Waals surface area contributed by atoms with Crippen molar-refractivity contribution in [3.63, 3.8) is 0 Å². The van der Waals surface area contributed by atoms with Gasteiger partial charge in [0.05, 0.1) is 12.6 Å². The summed E-state index contributed by atoms with van der Waals surface area (Å²) in [4.78, 5) is 31.0. The highest BCUT2D eigenvalue weighted by Crippen LogP contribution is 2.29. The van der Waals surface area contributed by atoms with E-state index in [0.717, 1.165) is 33.2 Å². The molecule has 4 rings (SSSR count). The van der Waals surface area contributed by atoms with E-state index in [1.807, 2.05) is 98.9 Å². The SMILES string of the molecule is Cc1ccc(CN(C(=O)O)C(C)(Cc2c[nH]c3ccccc23)C(=O)NC(C)c2ccccc2)cc1. The van der Waals surface area contributed by atoms with Crippen LogP contribution in [0.15, 0.2) is 85.1 Å². The highest BCUT2D eigenvalue weighted by atomic mass is 16.4. The van der Waals surface area contributed by atoms with Crippen molar-refractivity contribution in [2.45, 2.75) is 45.3 Å². The summed E-state index contributed by atoms with van der Waals surface area (Å²) in [6.07, 6.45) is 0.945. The lowest BCUT2D eigenvalue weighted by atomic mass is 9.88. The first-order chi connectivity index (χ1) is 16.8. The molecule has 0 aliphatic rings. The van der Waals surface area contributed by atoms with E-state index in [0.29, 0.717) is 0 Å². The predicted molar refractivity (Wildman–Crippen MR) is 138 cm³/mol. The average Bonchev–Trinajstić information content (AvgIpc) is 3.26. The third-order valence-electron chi connectivity index (χ3n) is 6.63. The van der Waals surface area contributed by atoms with Crippen molar-refractivity contribution in [1.82, 2.24) is 15.2 Å². The molecule has 35 heavy (non-hydrogen) atoms. The van der Waals surface area contributed by atoms with Gasteiger partial charge in [-0.3, -0.25) is 9.69 Å². The summed E-state index contributed by atoms with van der Waals surface area (Å²) in [5.41, 5.74) is 3.35. The fraction of sp³-hybridized carbons (Fsp3) is 0.241. The number of para-hydroxylation sites is 1. The zero-order chi connectivity index (χ0) is 25.0. The molecule has 2 atom stereocenters. The van der Waals surface area contributed by atoms with Crippen LogP contribution in [0.25, 0.3) is 10.9 Å². The van der Waals surface area contributed by atoms with Crippen LogP contribution in [0.2, 0.25) is 0 Å². The zero-order valence-electron chi connectivity index (χ0n) is 20.3. The number of hydrogen-bond acceptors (Lipinski definition) is 2. The number of carboxylic acid groups (broad SMARTS) is 1. The molecule has 3 aromatic carbocycles. The third kappa shape index (κ3) is 5.22. The summed E-state index contributed by atoms with van der Waals surface area (Å²) in [7, 11) is 0. The van der Waals surface area contributed by atoms with Gasteiger partial charge in [-0.2, -0.15) is 0 Å². The number of rotatable bonds is 8. The molecule has 0 radical (unpaired) electrons. The summed E-state index contributed by atoms with van der Waals surface area (Å²) in [5.74, 6) is -0.339. The van der Waals surface area contributed by atoms with E-state index in [-0.39, 0.29) is 24.9 Å². The van der Waals surface area contributed by atoms with Crippen LogP contribution >= 0.6 is 0 Å². The Kier molecular flexibility index (Phi) is 6.92. The number of carbonyl (C=O) groups excluding carboxylic acids is 1. The topological polar surface area (TPSA) is 85.4 Å². The van der Waals surface area contributed by atoms with Crippen molar-refractivity contribution >= 4 is 22.9 Å². The molecule has 2 unspecified atom stereocenters. The monoisotopic (exact) mass is 469 g/mol. The number of aromatic amines is 1. The number of aryl methyl sites for hydroxylation is 1. The van der Waals surface area contributed by atoms with Gasteiger partial charge in [-0.05, 0) is 43.5 Å². The number of benzene rings is 3. The van der Waals surface area contributed by atoms with E-state index >= 15 is 0 Å². The lowest BCUT2D eigenvalue weighted by Crippen LogP contribution is -2.59. The molecule has 3 N–H and O–H groups in total. The summed E-state index contributed by atoms with van der Waals surface area (Å²) >= 11 is 0. The van der Waals surface area contributed by atoms with Gasteiger partial charge in [0, 0.05) is 23.5 Å². The molecule has 2 amide bonds. The summed E-state index contributed by atoms with van der Waals surface area (Å²) in [6, 6.07) is 24.9. The number of nitrogens with one attached hydrogen (secondary N) is 2. The number of nitrogens with zero attached hydrogens (tertiary/aromatic N) is 1. The molecule has 1 aromatic heterocycles. The van der Waals surface area contributed by atoms with E-state index in [9.17, 15) is 14.7 Å². The largest absolute Gasteiger partial charge is 0.465 e. The molecule has 0 aliphatic carbocycles. The van der Waals surface area contributed by atoms with Gasteiger partial charge in [0.25, 0.3) is 0 Å². The number of H-pyrrole nitrogens is 1. The Bertz CT molecular complexity index is 1310. The lowest BCUT2D eigenvalue weighted by molar-refractivity contribution is -0.132. The van der Waals surface area contributed by atoms with Crippen LogP contribution in [0.5, 0.6) is 0 Å². The van der Waals surface area contributed by atoms with Crippen LogP contribution in [0.4, 0.5) is 4.79 Å². The van der Waals surface area contributed by atoms with E-state index < -0.39 is 11.6 Å². The number of fused-ring (bicyclic) bond motifs is 1. The van der Waals surface area contributed by atoms with E-state index in [1.165, 1.54) is 4.90 Å². The van der Waals surface area contributed by atoms with Crippen LogP contribution in [-0.4, -0.2) is 32.5 Å². The Morgan fingerprint density at radius 2 is 1.66 bits per heavy atom. The molecule has 0 fully saturated rings. The molecule has 0 saturated carbocycles. The Hall–Kier alpha value is -4.06. The van der Waals surface area contributed by atoms with Crippen LogP contribution in [0.3, 0.4) is 0 Å². The summed E-state index contributed by atoms with van der Waals surface area (Å²) < 4.78 is 0. The molecule has 0 saturated heterocycles. The van der Waals surface area contributed by atoms with Gasteiger partial charge < -0.3 is 15.4 Å². The van der Waals surface area contributed by atoms with Gasteiger partial charge in [0.15, 0.2) is 0 Å². The number of amides is 2. The van der Waals surface area contributed by atoms with Crippen molar-refractivity contribution in [2.75, 3.05) is 0 Å². The molecule has 180 valence electrons. The van der Waals surface area contributed by atoms with E-state index in [2.05, 4.69) is 10.3 Å².